The fraction of sp³-hybridized carbons (Fsp3) is 0.143. The van der Waals surface area contributed by atoms with E-state index >= 15 is 0 Å². The molecule has 0 saturated heterocycles. The molecule has 0 aliphatic rings. The van der Waals surface area contributed by atoms with Gasteiger partial charge >= 0.3 is 0 Å². The Balaban J connectivity index is 1.26. The zero-order valence-electron chi connectivity index (χ0n) is 26.0. The Morgan fingerprint density at radius 1 is 0.673 bits per heavy atom. The van der Waals surface area contributed by atoms with Crippen LogP contribution < -0.4 is 5.43 Å². The lowest BCUT2D eigenvalue weighted by molar-refractivity contribution is -0.121. The Morgan fingerprint density at radius 2 is 1.24 bits per heavy atom. The third kappa shape index (κ3) is 9.88. The number of benzene rings is 4. The van der Waals surface area contributed by atoms with Gasteiger partial charge in [0, 0.05) is 23.1 Å². The molecule has 1 heterocycles. The quantitative estimate of drug-likeness (QED) is 0.0983. The van der Waals surface area contributed by atoms with Crippen LogP contribution in [0.5, 0.6) is 0 Å². The molecular formula is C35H32Cl2N4O6S2. The maximum Gasteiger partial charge on any atom is 0.255 e. The Kier molecular flexibility index (Phi) is 12.0. The van der Waals surface area contributed by atoms with Crippen LogP contribution in [0.3, 0.4) is 0 Å². The lowest BCUT2D eigenvalue weighted by atomic mass is 10.1. The molecule has 1 aromatic heterocycles. The molecule has 0 radical (unpaired) electrons. The van der Waals surface area contributed by atoms with Crippen LogP contribution in [-0.4, -0.2) is 50.7 Å². The highest BCUT2D eigenvalue weighted by Gasteiger charge is 2.27. The van der Waals surface area contributed by atoms with Gasteiger partial charge in [-0.15, -0.1) is 0 Å². The van der Waals surface area contributed by atoms with Crippen LogP contribution in [0.25, 0.3) is 0 Å². The Bertz CT molecular complexity index is 2090. The van der Waals surface area contributed by atoms with Gasteiger partial charge in [-0.2, -0.15) is 13.7 Å². The molecule has 5 rings (SSSR count). The summed E-state index contributed by atoms with van der Waals surface area (Å²) in [6, 6.07) is 33.2. The minimum absolute atomic E-state index is 0.0367. The summed E-state index contributed by atoms with van der Waals surface area (Å²) in [6.07, 6.45) is 1.65. The van der Waals surface area contributed by atoms with E-state index in [9.17, 15) is 21.6 Å². The van der Waals surface area contributed by atoms with Crippen molar-refractivity contribution < 1.29 is 26.0 Å². The second-order valence-electron chi connectivity index (χ2n) is 10.8. The van der Waals surface area contributed by atoms with Crippen LogP contribution in [0.2, 0.25) is 10.0 Å². The Morgan fingerprint density at radius 3 is 1.90 bits per heavy atom. The lowest BCUT2D eigenvalue weighted by Crippen LogP contribution is -2.40. The van der Waals surface area contributed by atoms with Crippen molar-refractivity contribution in [3.63, 3.8) is 0 Å². The number of hydrazone groups is 1. The summed E-state index contributed by atoms with van der Waals surface area (Å²) in [5.74, 6) is -0.0948. The van der Waals surface area contributed by atoms with Gasteiger partial charge in [0.2, 0.25) is 20.0 Å². The number of halogens is 2. The third-order valence-corrected chi connectivity index (χ3v) is 11.5. The van der Waals surface area contributed by atoms with Gasteiger partial charge in [-0.3, -0.25) is 4.79 Å². The molecule has 0 bridgehead atoms. The molecule has 0 fully saturated rings. The number of nitrogens with zero attached hydrogens (tertiary/aromatic N) is 3. The predicted molar refractivity (Wildman–Crippen MR) is 189 cm³/mol. The molecule has 49 heavy (non-hydrogen) atoms. The monoisotopic (exact) mass is 738 g/mol. The molecule has 254 valence electrons. The van der Waals surface area contributed by atoms with E-state index in [2.05, 4.69) is 10.5 Å². The minimum atomic E-state index is -3.98. The smallest absolute Gasteiger partial charge is 0.255 e. The van der Waals surface area contributed by atoms with Gasteiger partial charge in [-0.25, -0.2) is 22.3 Å². The molecule has 0 aliphatic heterocycles. The zero-order valence-corrected chi connectivity index (χ0v) is 29.2. The molecule has 1 amide bonds. The highest BCUT2D eigenvalue weighted by molar-refractivity contribution is 7.89. The fourth-order valence-corrected chi connectivity index (χ4v) is 7.85. The summed E-state index contributed by atoms with van der Waals surface area (Å²) in [5, 5.41) is 4.87. The molecule has 0 aliphatic carbocycles. The van der Waals surface area contributed by atoms with Crippen LogP contribution >= 0.6 is 23.2 Å². The van der Waals surface area contributed by atoms with Crippen molar-refractivity contribution in [2.24, 2.45) is 5.10 Å². The summed E-state index contributed by atoms with van der Waals surface area (Å²) in [5.41, 5.74) is 4.00. The molecule has 10 nitrogen and oxygen atoms in total. The van der Waals surface area contributed by atoms with Crippen molar-refractivity contribution in [2.45, 2.75) is 29.3 Å². The summed E-state index contributed by atoms with van der Waals surface area (Å²) in [6.45, 7) is -0.463. The number of sulfonamides is 2. The standard InChI is InChI=1S/C35H32Cl2N4O6S2/c36-29-13-11-28(12-14-29)24-41(49(45,46)34-19-15-30(37)16-20-34)25-32-18-17-31(47-32)23-38-39-35(42)26-40(22-21-27-7-3-1-4-8-27)48(43,44)33-9-5-2-6-10-33/h1-20,23H,21-22,24-26H2,(H,39,42)/b38-23-. The van der Waals surface area contributed by atoms with Gasteiger partial charge in [0.1, 0.15) is 11.5 Å². The molecule has 0 unspecified atom stereocenters. The van der Waals surface area contributed by atoms with Crippen LogP contribution in [0, 0.1) is 0 Å². The molecule has 14 heteroatoms. The third-order valence-electron chi connectivity index (χ3n) is 7.31. The first-order valence-electron chi connectivity index (χ1n) is 15.0. The maximum atomic E-state index is 13.6. The van der Waals surface area contributed by atoms with E-state index in [-0.39, 0.29) is 35.2 Å². The number of hydrogen-bond donors (Lipinski definition) is 1. The number of hydrogen-bond acceptors (Lipinski definition) is 7. The Labute approximate surface area is 295 Å². The van der Waals surface area contributed by atoms with E-state index in [0.717, 1.165) is 9.87 Å². The number of carbonyl (C=O) groups excluding carboxylic acids is 1. The van der Waals surface area contributed by atoms with Crippen molar-refractivity contribution in [1.82, 2.24) is 14.0 Å². The molecular weight excluding hydrogens is 707 g/mol. The van der Waals surface area contributed by atoms with Crippen LogP contribution in [0.1, 0.15) is 22.6 Å². The number of furan rings is 1. The lowest BCUT2D eigenvalue weighted by Gasteiger charge is -2.21. The first-order chi connectivity index (χ1) is 23.5. The van der Waals surface area contributed by atoms with E-state index < -0.39 is 32.5 Å². The predicted octanol–water partition coefficient (Wildman–Crippen LogP) is 6.36. The van der Waals surface area contributed by atoms with Gasteiger partial charge < -0.3 is 4.42 Å². The van der Waals surface area contributed by atoms with E-state index in [1.54, 1.807) is 54.6 Å². The summed E-state index contributed by atoms with van der Waals surface area (Å²) < 4.78 is 62.3. The highest BCUT2D eigenvalue weighted by Crippen LogP contribution is 2.24. The van der Waals surface area contributed by atoms with Crippen molar-refractivity contribution in [3.8, 4) is 0 Å². The normalized spacial score (nSPS) is 12.2. The summed E-state index contributed by atoms with van der Waals surface area (Å²) in [4.78, 5) is 13.0. The topological polar surface area (TPSA) is 129 Å². The summed E-state index contributed by atoms with van der Waals surface area (Å²) >= 11 is 12.0. The van der Waals surface area contributed by atoms with E-state index in [0.29, 0.717) is 27.8 Å². The van der Waals surface area contributed by atoms with Gasteiger partial charge in [-0.1, -0.05) is 83.9 Å². The van der Waals surface area contributed by atoms with Gasteiger partial charge in [-0.05, 0) is 78.2 Å². The van der Waals surface area contributed by atoms with Crippen molar-refractivity contribution in [1.29, 1.82) is 0 Å². The van der Waals surface area contributed by atoms with Crippen molar-refractivity contribution in [3.05, 3.63) is 154 Å². The number of nitrogens with one attached hydrogen (secondary N) is 1. The van der Waals surface area contributed by atoms with Crippen LogP contribution in [0.15, 0.2) is 141 Å². The molecule has 0 atom stereocenters. The number of rotatable bonds is 15. The SMILES string of the molecule is O=C(CN(CCc1ccccc1)S(=O)(=O)c1ccccc1)N/N=C\c1ccc(CN(Cc2ccc(Cl)cc2)S(=O)(=O)c2ccc(Cl)cc2)o1. The van der Waals surface area contributed by atoms with Crippen LogP contribution in [0.4, 0.5) is 0 Å². The highest BCUT2D eigenvalue weighted by atomic mass is 35.5. The molecule has 5 aromatic rings. The minimum Gasteiger partial charge on any atom is -0.459 e. The number of amides is 1. The van der Waals surface area contributed by atoms with E-state index in [1.165, 1.54) is 46.9 Å². The first-order valence-corrected chi connectivity index (χ1v) is 18.6. The average Bonchev–Trinajstić information content (AvgIpc) is 3.55. The summed E-state index contributed by atoms with van der Waals surface area (Å²) in [7, 11) is -7.95. The van der Waals surface area contributed by atoms with E-state index in [1.807, 2.05) is 30.3 Å². The first kappa shape index (κ1) is 36.0. The fourth-order valence-electron chi connectivity index (χ4n) is 4.79. The van der Waals surface area contributed by atoms with Crippen molar-refractivity contribution in [2.75, 3.05) is 13.1 Å². The maximum absolute atomic E-state index is 13.6. The Hall–Kier alpha value is -4.30. The second kappa shape index (κ2) is 16.4. The molecule has 0 spiro atoms. The zero-order chi connectivity index (χ0) is 34.9. The number of carbonyl (C=O) groups is 1. The molecule has 4 aromatic carbocycles. The molecule has 1 N–H and O–H groups in total. The van der Waals surface area contributed by atoms with E-state index in [4.69, 9.17) is 27.6 Å². The van der Waals surface area contributed by atoms with Gasteiger partial charge in [0.05, 0.1) is 29.1 Å². The van der Waals surface area contributed by atoms with Crippen molar-refractivity contribution >= 4 is 55.4 Å². The van der Waals surface area contributed by atoms with Crippen LogP contribution in [-0.2, 0) is 44.4 Å². The largest absolute Gasteiger partial charge is 0.459 e. The molecule has 0 saturated carbocycles. The second-order valence-corrected chi connectivity index (χ2v) is 15.6. The van der Waals surface area contributed by atoms with Gasteiger partial charge in [0.15, 0.2) is 0 Å². The average molecular weight is 740 g/mol. The van der Waals surface area contributed by atoms with Gasteiger partial charge in [0.25, 0.3) is 5.91 Å².